The van der Waals surface area contributed by atoms with E-state index in [4.69, 9.17) is 0 Å². The first-order chi connectivity index (χ1) is 19.3. The van der Waals surface area contributed by atoms with E-state index in [9.17, 15) is 0 Å². The van der Waals surface area contributed by atoms with Crippen LogP contribution in [-0.4, -0.2) is 0 Å². The number of hydrogen-bond donors (Lipinski definition) is 1. The van der Waals surface area contributed by atoms with Crippen LogP contribution in [0.5, 0.6) is 0 Å². The average molecular weight is 519 g/mol. The number of hydrogen-bond acceptors (Lipinski definition) is 3. The zero-order chi connectivity index (χ0) is 26.0. The second-order valence-electron chi connectivity index (χ2n) is 9.57. The molecule has 1 heterocycles. The van der Waals surface area contributed by atoms with Crippen molar-refractivity contribution in [1.82, 2.24) is 0 Å². The molecule has 7 aromatic rings. The van der Waals surface area contributed by atoms with Gasteiger partial charge < -0.3 is 10.2 Å². The quantitative estimate of drug-likeness (QED) is 0.235. The number of nitrogens with zero attached hydrogens (tertiary/aromatic N) is 1. The van der Waals surface area contributed by atoms with Gasteiger partial charge >= 0.3 is 0 Å². The Hall–Kier alpha value is -4.86. The molecule has 0 unspecified atom stereocenters. The van der Waals surface area contributed by atoms with Crippen molar-refractivity contribution >= 4 is 59.9 Å². The van der Waals surface area contributed by atoms with Crippen LogP contribution in [0.2, 0.25) is 0 Å². The smallest absolute Gasteiger partial charge is 0.0468 e. The van der Waals surface area contributed by atoms with E-state index in [0.717, 1.165) is 28.4 Å². The van der Waals surface area contributed by atoms with Gasteiger partial charge in [0.05, 0.1) is 0 Å². The average Bonchev–Trinajstić information content (AvgIpc) is 3.36. The van der Waals surface area contributed by atoms with Crippen LogP contribution < -0.4 is 10.2 Å². The first-order valence-corrected chi connectivity index (χ1v) is 13.9. The first kappa shape index (κ1) is 23.3. The van der Waals surface area contributed by atoms with Gasteiger partial charge in [-0.1, -0.05) is 84.9 Å². The molecule has 39 heavy (non-hydrogen) atoms. The molecule has 6 aromatic carbocycles. The molecule has 1 aromatic heterocycles. The molecule has 0 fully saturated rings. The normalized spacial score (nSPS) is 11.1. The summed E-state index contributed by atoms with van der Waals surface area (Å²) in [7, 11) is 0. The Morgan fingerprint density at radius 1 is 0.410 bits per heavy atom. The lowest BCUT2D eigenvalue weighted by Crippen LogP contribution is -2.09. The molecule has 186 valence electrons. The molecule has 2 nitrogen and oxygen atoms in total. The minimum atomic E-state index is 1.08. The number of anilines is 5. The molecular formula is C36H26N2S. The maximum Gasteiger partial charge on any atom is 0.0468 e. The summed E-state index contributed by atoms with van der Waals surface area (Å²) < 4.78 is 2.57. The van der Waals surface area contributed by atoms with Gasteiger partial charge in [0.15, 0.2) is 0 Å². The van der Waals surface area contributed by atoms with Crippen molar-refractivity contribution in [3.63, 3.8) is 0 Å². The second kappa shape index (κ2) is 10.1. The van der Waals surface area contributed by atoms with E-state index in [1.54, 1.807) is 0 Å². The third-order valence-electron chi connectivity index (χ3n) is 7.02. The SMILES string of the molecule is c1ccc(-c2ccc(Nc3ccc4c(c3)sc3ccc(N(c5ccccc5)c5ccccc5)cc34)cc2)cc1. The lowest BCUT2D eigenvalue weighted by Gasteiger charge is -2.25. The molecule has 0 aliphatic rings. The highest BCUT2D eigenvalue weighted by molar-refractivity contribution is 7.25. The third-order valence-corrected chi connectivity index (χ3v) is 8.16. The monoisotopic (exact) mass is 518 g/mol. The Morgan fingerprint density at radius 2 is 1.00 bits per heavy atom. The van der Waals surface area contributed by atoms with Crippen molar-refractivity contribution in [1.29, 1.82) is 0 Å². The first-order valence-electron chi connectivity index (χ1n) is 13.1. The van der Waals surface area contributed by atoms with Gasteiger partial charge in [-0.2, -0.15) is 0 Å². The van der Waals surface area contributed by atoms with E-state index >= 15 is 0 Å². The molecule has 0 bridgehead atoms. The standard InChI is InChI=1S/C36H26N2S/c1-4-10-26(11-5-1)27-16-18-28(19-17-27)37-29-20-22-33-34-25-32(21-23-35(34)39-36(33)24-29)38(30-12-6-2-7-13-30)31-14-8-3-9-15-31/h1-25,37H. The molecule has 1 N–H and O–H groups in total. The lowest BCUT2D eigenvalue weighted by atomic mass is 10.1. The topological polar surface area (TPSA) is 15.3 Å². The summed E-state index contributed by atoms with van der Waals surface area (Å²) in [5, 5.41) is 6.15. The number of benzene rings is 6. The van der Waals surface area contributed by atoms with Crippen LogP contribution in [-0.2, 0) is 0 Å². The van der Waals surface area contributed by atoms with E-state index < -0.39 is 0 Å². The van der Waals surface area contributed by atoms with E-state index in [1.807, 2.05) is 17.4 Å². The van der Waals surface area contributed by atoms with Gasteiger partial charge in [-0.15, -0.1) is 11.3 Å². The fourth-order valence-electron chi connectivity index (χ4n) is 5.13. The van der Waals surface area contributed by atoms with Crippen LogP contribution in [0.25, 0.3) is 31.3 Å². The minimum absolute atomic E-state index is 1.08. The lowest BCUT2D eigenvalue weighted by molar-refractivity contribution is 1.29. The largest absolute Gasteiger partial charge is 0.355 e. The maximum atomic E-state index is 3.59. The molecule has 0 atom stereocenters. The van der Waals surface area contributed by atoms with Gasteiger partial charge in [0, 0.05) is 48.6 Å². The van der Waals surface area contributed by atoms with Gasteiger partial charge in [-0.05, 0) is 77.9 Å². The van der Waals surface area contributed by atoms with Crippen molar-refractivity contribution < 1.29 is 0 Å². The van der Waals surface area contributed by atoms with Crippen LogP contribution in [0.4, 0.5) is 28.4 Å². The van der Waals surface area contributed by atoms with Crippen LogP contribution in [0.1, 0.15) is 0 Å². The van der Waals surface area contributed by atoms with Crippen LogP contribution >= 0.6 is 11.3 Å². The number of para-hydroxylation sites is 2. The Labute approximate surface area is 232 Å². The molecule has 0 spiro atoms. The van der Waals surface area contributed by atoms with E-state index in [1.165, 1.54) is 31.3 Å². The Kier molecular flexibility index (Phi) is 6.04. The van der Waals surface area contributed by atoms with Crippen LogP contribution in [0, 0.1) is 0 Å². The molecule has 0 saturated carbocycles. The van der Waals surface area contributed by atoms with Crippen molar-refractivity contribution in [3.05, 3.63) is 152 Å². The number of fused-ring (bicyclic) bond motifs is 3. The number of nitrogens with one attached hydrogen (secondary N) is 1. The van der Waals surface area contributed by atoms with Crippen LogP contribution in [0.3, 0.4) is 0 Å². The molecular weight excluding hydrogens is 492 g/mol. The highest BCUT2D eigenvalue weighted by Crippen LogP contribution is 2.41. The zero-order valence-corrected chi connectivity index (χ0v) is 22.1. The summed E-state index contributed by atoms with van der Waals surface area (Å²) in [6, 6.07) is 53.7. The maximum absolute atomic E-state index is 3.59. The van der Waals surface area contributed by atoms with E-state index in [2.05, 4.69) is 156 Å². The van der Waals surface area contributed by atoms with Gasteiger partial charge in [0.1, 0.15) is 0 Å². The molecule has 0 aliphatic heterocycles. The number of rotatable bonds is 6. The Bertz CT molecular complexity index is 1820. The Morgan fingerprint density at radius 3 is 1.67 bits per heavy atom. The summed E-state index contributed by atoms with van der Waals surface area (Å²) in [6.07, 6.45) is 0. The van der Waals surface area contributed by atoms with Gasteiger partial charge in [-0.25, -0.2) is 0 Å². The summed E-state index contributed by atoms with van der Waals surface area (Å²) >= 11 is 1.84. The Balaban J connectivity index is 1.22. The summed E-state index contributed by atoms with van der Waals surface area (Å²) in [5.74, 6) is 0. The molecule has 0 saturated heterocycles. The summed E-state index contributed by atoms with van der Waals surface area (Å²) in [4.78, 5) is 2.32. The van der Waals surface area contributed by atoms with Crippen LogP contribution in [0.15, 0.2) is 152 Å². The molecule has 3 heteroatoms. The summed E-state index contributed by atoms with van der Waals surface area (Å²) in [6.45, 7) is 0. The predicted octanol–water partition coefficient (Wildman–Crippen LogP) is 10.9. The summed E-state index contributed by atoms with van der Waals surface area (Å²) in [5.41, 5.74) is 8.07. The van der Waals surface area contributed by atoms with E-state index in [0.29, 0.717) is 0 Å². The van der Waals surface area contributed by atoms with E-state index in [-0.39, 0.29) is 0 Å². The minimum Gasteiger partial charge on any atom is -0.355 e. The van der Waals surface area contributed by atoms with Crippen molar-refractivity contribution in [3.8, 4) is 11.1 Å². The number of thiophene rings is 1. The van der Waals surface area contributed by atoms with Crippen molar-refractivity contribution in [2.45, 2.75) is 0 Å². The van der Waals surface area contributed by atoms with Gasteiger partial charge in [-0.3, -0.25) is 0 Å². The zero-order valence-electron chi connectivity index (χ0n) is 21.3. The molecule has 0 aliphatic carbocycles. The second-order valence-corrected chi connectivity index (χ2v) is 10.7. The fourth-order valence-corrected chi connectivity index (χ4v) is 6.25. The highest BCUT2D eigenvalue weighted by atomic mass is 32.1. The van der Waals surface area contributed by atoms with Gasteiger partial charge in [0.25, 0.3) is 0 Å². The predicted molar refractivity (Wildman–Crippen MR) is 169 cm³/mol. The van der Waals surface area contributed by atoms with Crippen molar-refractivity contribution in [2.75, 3.05) is 10.2 Å². The van der Waals surface area contributed by atoms with Crippen molar-refractivity contribution in [2.24, 2.45) is 0 Å². The fraction of sp³-hybridized carbons (Fsp3) is 0. The molecule has 7 rings (SSSR count). The highest BCUT2D eigenvalue weighted by Gasteiger charge is 2.14. The van der Waals surface area contributed by atoms with Gasteiger partial charge in [0.2, 0.25) is 0 Å². The molecule has 0 amide bonds. The molecule has 0 radical (unpaired) electrons. The third kappa shape index (κ3) is 4.65.